The molecule has 0 saturated carbocycles. The van der Waals surface area contributed by atoms with E-state index in [1.807, 2.05) is 13.1 Å². The van der Waals surface area contributed by atoms with Gasteiger partial charge in [0, 0.05) is 37.0 Å². The lowest BCUT2D eigenvalue weighted by molar-refractivity contribution is -0.147. The first-order valence-corrected chi connectivity index (χ1v) is 7.74. The summed E-state index contributed by atoms with van der Waals surface area (Å²) in [7, 11) is 0. The predicted molar refractivity (Wildman–Crippen MR) is 82.9 cm³/mol. The van der Waals surface area contributed by atoms with Crippen molar-refractivity contribution in [3.63, 3.8) is 0 Å². The summed E-state index contributed by atoms with van der Waals surface area (Å²) >= 11 is 0. The van der Waals surface area contributed by atoms with Crippen LogP contribution in [0.5, 0.6) is 0 Å². The maximum absolute atomic E-state index is 11.1. The van der Waals surface area contributed by atoms with E-state index in [-0.39, 0.29) is 5.56 Å². The van der Waals surface area contributed by atoms with Crippen molar-refractivity contribution in [3.05, 3.63) is 52.2 Å². The fourth-order valence-corrected chi connectivity index (χ4v) is 2.67. The largest absolute Gasteiger partial charge is 0.382 e. The van der Waals surface area contributed by atoms with Gasteiger partial charge in [0.15, 0.2) is 5.79 Å². The van der Waals surface area contributed by atoms with Crippen LogP contribution in [0, 0.1) is 0 Å². The van der Waals surface area contributed by atoms with Gasteiger partial charge < -0.3 is 19.6 Å². The van der Waals surface area contributed by atoms with Gasteiger partial charge in [0.05, 0.1) is 18.9 Å². The number of ether oxygens (including phenoxy) is 2. The van der Waals surface area contributed by atoms with Crippen molar-refractivity contribution in [3.8, 4) is 0 Å². The van der Waals surface area contributed by atoms with Crippen molar-refractivity contribution >= 4 is 0 Å². The number of aliphatic hydroxyl groups excluding tert-OH is 1. The van der Waals surface area contributed by atoms with Crippen molar-refractivity contribution in [2.75, 3.05) is 13.2 Å². The molecule has 1 fully saturated rings. The molecular weight excluding hydrogens is 298 g/mol. The molecule has 3 rings (SSSR count). The zero-order valence-corrected chi connectivity index (χ0v) is 13.1. The molecule has 0 amide bonds. The molecule has 0 radical (unpaired) electrons. The van der Waals surface area contributed by atoms with E-state index >= 15 is 0 Å². The number of pyridine rings is 1. The molecule has 1 saturated heterocycles. The molecule has 1 aliphatic heterocycles. The summed E-state index contributed by atoms with van der Waals surface area (Å²) in [5.41, 5.74) is 0.961. The second-order valence-corrected chi connectivity index (χ2v) is 5.83. The van der Waals surface area contributed by atoms with Gasteiger partial charge in [-0.2, -0.15) is 5.10 Å². The Balaban J connectivity index is 1.57. The molecule has 0 aromatic carbocycles. The summed E-state index contributed by atoms with van der Waals surface area (Å²) in [6.45, 7) is 3.97. The van der Waals surface area contributed by atoms with Crippen molar-refractivity contribution in [1.82, 2.24) is 14.8 Å². The average molecular weight is 319 g/mol. The Bertz CT molecular complexity index is 683. The second kappa shape index (κ2) is 6.66. The van der Waals surface area contributed by atoms with Crippen LogP contribution in [0.25, 0.3) is 0 Å². The number of nitrogens with zero attached hydrogens (tertiary/aromatic N) is 2. The lowest BCUT2D eigenvalue weighted by Crippen LogP contribution is -2.25. The number of rotatable bonds is 6. The van der Waals surface area contributed by atoms with Crippen LogP contribution in [-0.4, -0.2) is 38.9 Å². The molecule has 1 unspecified atom stereocenters. The van der Waals surface area contributed by atoms with Gasteiger partial charge in [0.2, 0.25) is 5.56 Å². The lowest BCUT2D eigenvalue weighted by atomic mass is 10.1. The van der Waals surface area contributed by atoms with E-state index < -0.39 is 11.9 Å². The normalized spacial score (nSPS) is 18.2. The second-order valence-electron chi connectivity index (χ2n) is 5.83. The molecule has 3 heterocycles. The molecule has 2 N–H and O–H groups in total. The Morgan fingerprint density at radius 3 is 2.87 bits per heavy atom. The number of H-pyrrole nitrogens is 1. The van der Waals surface area contributed by atoms with Crippen LogP contribution in [0.3, 0.4) is 0 Å². The van der Waals surface area contributed by atoms with Gasteiger partial charge >= 0.3 is 0 Å². The minimum absolute atomic E-state index is 0.198. The number of aliphatic hydroxyl groups is 1. The Morgan fingerprint density at radius 1 is 1.39 bits per heavy atom. The molecule has 124 valence electrons. The van der Waals surface area contributed by atoms with E-state index in [1.54, 1.807) is 16.8 Å². The highest BCUT2D eigenvalue weighted by Gasteiger charge is 2.30. The third kappa shape index (κ3) is 3.87. The molecular formula is C16H21N3O4. The van der Waals surface area contributed by atoms with Gasteiger partial charge in [-0.25, -0.2) is 0 Å². The molecule has 2 aromatic heterocycles. The topological polar surface area (TPSA) is 89.4 Å². The zero-order chi connectivity index (χ0) is 16.3. The molecule has 0 spiro atoms. The first-order valence-electron chi connectivity index (χ1n) is 7.74. The van der Waals surface area contributed by atoms with Gasteiger partial charge in [-0.15, -0.1) is 0 Å². The van der Waals surface area contributed by atoms with Crippen LogP contribution in [0.2, 0.25) is 0 Å². The summed E-state index contributed by atoms with van der Waals surface area (Å²) in [4.78, 5) is 13.6. The van der Waals surface area contributed by atoms with Crippen LogP contribution in [0.1, 0.15) is 37.1 Å². The summed E-state index contributed by atoms with van der Waals surface area (Å²) < 4.78 is 12.9. The van der Waals surface area contributed by atoms with E-state index in [2.05, 4.69) is 10.1 Å². The van der Waals surface area contributed by atoms with Gasteiger partial charge in [-0.3, -0.25) is 9.48 Å². The number of hydrogen-bond donors (Lipinski definition) is 2. The minimum atomic E-state index is -0.855. The van der Waals surface area contributed by atoms with E-state index in [1.165, 1.54) is 12.3 Å². The third-order valence-corrected chi connectivity index (χ3v) is 3.98. The molecule has 1 atom stereocenters. The third-order valence-electron chi connectivity index (χ3n) is 3.98. The molecule has 7 nitrogen and oxygen atoms in total. The maximum Gasteiger partial charge on any atom is 0.247 e. The summed E-state index contributed by atoms with van der Waals surface area (Å²) in [5.74, 6) is -0.481. The number of aromatic nitrogens is 3. The lowest BCUT2D eigenvalue weighted by Gasteiger charge is -2.21. The Hall–Kier alpha value is -1.96. The smallest absolute Gasteiger partial charge is 0.247 e. The highest BCUT2D eigenvalue weighted by atomic mass is 16.7. The van der Waals surface area contributed by atoms with Crippen molar-refractivity contribution < 1.29 is 14.6 Å². The Morgan fingerprint density at radius 2 is 2.17 bits per heavy atom. The maximum atomic E-state index is 11.1. The van der Waals surface area contributed by atoms with Crippen molar-refractivity contribution in [1.29, 1.82) is 0 Å². The quantitative estimate of drug-likeness (QED) is 0.835. The molecule has 0 bridgehead atoms. The molecule has 0 aliphatic carbocycles. The minimum Gasteiger partial charge on any atom is -0.382 e. The first kappa shape index (κ1) is 15.9. The van der Waals surface area contributed by atoms with Gasteiger partial charge in [0.1, 0.15) is 6.10 Å². The molecule has 23 heavy (non-hydrogen) atoms. The highest BCUT2D eigenvalue weighted by molar-refractivity contribution is 5.21. The van der Waals surface area contributed by atoms with Crippen LogP contribution in [0.4, 0.5) is 0 Å². The molecule has 2 aromatic rings. The van der Waals surface area contributed by atoms with Crippen LogP contribution < -0.4 is 5.56 Å². The fourth-order valence-electron chi connectivity index (χ4n) is 2.67. The summed E-state index contributed by atoms with van der Waals surface area (Å²) in [5, 5.41) is 14.7. The number of aromatic amines is 1. The van der Waals surface area contributed by atoms with Crippen molar-refractivity contribution in [2.24, 2.45) is 0 Å². The monoisotopic (exact) mass is 319 g/mol. The van der Waals surface area contributed by atoms with Crippen LogP contribution in [0.15, 0.2) is 35.4 Å². The van der Waals surface area contributed by atoms with Crippen LogP contribution in [-0.2, 0) is 16.0 Å². The highest BCUT2D eigenvalue weighted by Crippen LogP contribution is 2.24. The Kier molecular flexibility index (Phi) is 4.61. The first-order chi connectivity index (χ1) is 11.1. The van der Waals surface area contributed by atoms with Gasteiger partial charge in [-0.05, 0) is 25.5 Å². The Labute approximate surface area is 133 Å². The van der Waals surface area contributed by atoms with Gasteiger partial charge in [0.25, 0.3) is 0 Å². The van der Waals surface area contributed by atoms with E-state index in [9.17, 15) is 9.90 Å². The zero-order valence-electron chi connectivity index (χ0n) is 13.1. The number of hydrogen-bond acceptors (Lipinski definition) is 5. The number of aryl methyl sites for hydroxylation is 1. The van der Waals surface area contributed by atoms with Crippen LogP contribution >= 0.6 is 0 Å². The van der Waals surface area contributed by atoms with Gasteiger partial charge in [-0.1, -0.05) is 0 Å². The average Bonchev–Trinajstić information content (AvgIpc) is 3.17. The summed E-state index contributed by atoms with van der Waals surface area (Å²) in [6.07, 6.45) is 4.15. The van der Waals surface area contributed by atoms with E-state index in [4.69, 9.17) is 9.47 Å². The standard InChI is InChI=1S/C16H21N3O4/c1-16(22-9-10-23-16)6-2-7-19-8-5-13(18-19)15(21)12-3-4-14(20)17-11-12/h3-5,8,11,15,21H,2,6-7,9-10H2,1H3,(H,17,20). The van der Waals surface area contributed by atoms with E-state index in [0.29, 0.717) is 24.5 Å². The SMILES string of the molecule is CC1(CCCn2ccc(C(O)c3ccc(=O)[nH]c3)n2)OCCO1. The molecule has 1 aliphatic rings. The van der Waals surface area contributed by atoms with Crippen molar-refractivity contribution in [2.45, 2.75) is 38.2 Å². The summed E-state index contributed by atoms with van der Waals surface area (Å²) in [6, 6.07) is 4.76. The fraction of sp³-hybridized carbons (Fsp3) is 0.500. The molecule has 7 heteroatoms. The number of nitrogens with one attached hydrogen (secondary N) is 1. The predicted octanol–water partition coefficient (Wildman–Crippen LogP) is 1.20. The van der Waals surface area contributed by atoms with E-state index in [0.717, 1.165) is 19.4 Å².